The summed E-state index contributed by atoms with van der Waals surface area (Å²) in [6.45, 7) is 1.64. The van der Waals surface area contributed by atoms with Gasteiger partial charge < -0.3 is 24.9 Å². The number of aliphatic hydroxyl groups excluding tert-OH is 1. The van der Waals surface area contributed by atoms with Crippen molar-refractivity contribution in [2.24, 2.45) is 7.05 Å². The predicted octanol–water partition coefficient (Wildman–Crippen LogP) is -0.616. The van der Waals surface area contributed by atoms with Gasteiger partial charge in [-0.2, -0.15) is 9.90 Å². The van der Waals surface area contributed by atoms with Crippen molar-refractivity contribution in [2.45, 2.75) is 19.6 Å². The highest BCUT2D eigenvalue weighted by atomic mass is 16.5. The van der Waals surface area contributed by atoms with Crippen LogP contribution in [0.4, 0.5) is 0 Å². The number of carbonyl (C=O) groups is 2. The van der Waals surface area contributed by atoms with Crippen LogP contribution >= 0.6 is 0 Å². The molecule has 1 unspecified atom stereocenters. The molecule has 136 valence electrons. The lowest BCUT2D eigenvalue weighted by molar-refractivity contribution is 0.0883. The van der Waals surface area contributed by atoms with Gasteiger partial charge in [0.15, 0.2) is 5.69 Å². The fourth-order valence-electron chi connectivity index (χ4n) is 2.16. The predicted molar refractivity (Wildman–Crippen MR) is 85.8 cm³/mol. The Balaban J connectivity index is 1.91. The van der Waals surface area contributed by atoms with Gasteiger partial charge in [0, 0.05) is 20.7 Å². The minimum Gasteiger partial charge on any atom is -0.463 e. The van der Waals surface area contributed by atoms with Gasteiger partial charge in [-0.1, -0.05) is 0 Å². The zero-order valence-electron chi connectivity index (χ0n) is 14.3. The van der Waals surface area contributed by atoms with Crippen LogP contribution in [0.5, 0.6) is 0 Å². The zero-order valence-corrected chi connectivity index (χ0v) is 14.3. The molecule has 2 heterocycles. The minimum atomic E-state index is -0.663. The molecule has 10 nitrogen and oxygen atoms in total. The van der Waals surface area contributed by atoms with Crippen LogP contribution in [-0.4, -0.2) is 58.2 Å². The minimum absolute atomic E-state index is 0.0472. The molecule has 3 N–H and O–H groups in total. The average Bonchev–Trinajstić information content (AvgIpc) is 3.17. The molecule has 25 heavy (non-hydrogen) atoms. The second kappa shape index (κ2) is 8.40. The molecule has 0 aromatic carbocycles. The highest BCUT2D eigenvalue weighted by Gasteiger charge is 2.19. The van der Waals surface area contributed by atoms with Gasteiger partial charge in [-0.15, -0.1) is 5.10 Å². The first kappa shape index (κ1) is 18.6. The van der Waals surface area contributed by atoms with Crippen molar-refractivity contribution in [3.8, 4) is 0 Å². The molecule has 0 aliphatic heterocycles. The molecule has 0 spiro atoms. The largest absolute Gasteiger partial charge is 0.463 e. The summed E-state index contributed by atoms with van der Waals surface area (Å²) in [7, 11) is 3.12. The molecule has 0 aliphatic rings. The summed E-state index contributed by atoms with van der Waals surface area (Å²) >= 11 is 0. The Morgan fingerprint density at radius 1 is 1.44 bits per heavy atom. The number of aliphatic hydroxyl groups is 1. The maximum Gasteiger partial charge on any atom is 0.273 e. The van der Waals surface area contributed by atoms with Crippen LogP contribution in [0.15, 0.2) is 16.7 Å². The van der Waals surface area contributed by atoms with Crippen molar-refractivity contribution in [2.75, 3.05) is 20.3 Å². The number of aryl methyl sites for hydroxylation is 2. The third-order valence-corrected chi connectivity index (χ3v) is 3.40. The summed E-state index contributed by atoms with van der Waals surface area (Å²) in [5, 5.41) is 22.3. The molecule has 2 amide bonds. The fourth-order valence-corrected chi connectivity index (χ4v) is 2.16. The topological polar surface area (TPSA) is 132 Å². The van der Waals surface area contributed by atoms with Gasteiger partial charge in [-0.25, -0.2) is 0 Å². The van der Waals surface area contributed by atoms with Crippen molar-refractivity contribution >= 4 is 11.8 Å². The van der Waals surface area contributed by atoms with E-state index in [1.807, 2.05) is 0 Å². The molecular weight excluding hydrogens is 330 g/mol. The normalized spacial score (nSPS) is 12.0. The van der Waals surface area contributed by atoms with E-state index in [2.05, 4.69) is 20.8 Å². The number of carbonyl (C=O) groups excluding carboxylic acids is 2. The van der Waals surface area contributed by atoms with E-state index in [1.165, 1.54) is 18.1 Å². The Morgan fingerprint density at radius 2 is 2.20 bits per heavy atom. The second-order valence-corrected chi connectivity index (χ2v) is 5.40. The van der Waals surface area contributed by atoms with Crippen molar-refractivity contribution in [3.05, 3.63) is 35.0 Å². The molecular formula is C15H21N5O5. The molecule has 0 fully saturated rings. The van der Waals surface area contributed by atoms with Crippen molar-refractivity contribution in [1.29, 1.82) is 0 Å². The highest BCUT2D eigenvalue weighted by Crippen LogP contribution is 2.15. The van der Waals surface area contributed by atoms with E-state index in [0.29, 0.717) is 17.1 Å². The number of aromatic nitrogens is 3. The molecule has 10 heteroatoms. The number of amides is 2. The van der Waals surface area contributed by atoms with E-state index < -0.39 is 11.9 Å². The molecule has 0 saturated carbocycles. The summed E-state index contributed by atoms with van der Waals surface area (Å²) in [6.07, 6.45) is 1.31. The zero-order chi connectivity index (χ0) is 18.4. The Kier molecular flexibility index (Phi) is 6.25. The van der Waals surface area contributed by atoms with Crippen LogP contribution in [-0.2, 0) is 18.4 Å². The molecule has 0 aliphatic carbocycles. The molecule has 2 aromatic rings. The number of nitrogens with one attached hydrogen (secondary N) is 2. The summed E-state index contributed by atoms with van der Waals surface area (Å²) in [5.74, 6) is 0.160. The van der Waals surface area contributed by atoms with E-state index >= 15 is 0 Å². The molecule has 2 rings (SSSR count). The average molecular weight is 351 g/mol. The van der Waals surface area contributed by atoms with Crippen LogP contribution in [0, 0.1) is 6.92 Å². The van der Waals surface area contributed by atoms with Crippen LogP contribution in [0.1, 0.15) is 32.4 Å². The van der Waals surface area contributed by atoms with E-state index in [-0.39, 0.29) is 31.4 Å². The standard InChI is InChI=1S/C15H21N5O5/c1-9-12(4-11(25-9)8-24-3)14(22)16-5-10(7-21)18-15(23)13-6-17-20(2)19-13/h4,6,10,21H,5,7-8H2,1-3H3,(H,16,22)(H,18,23). The van der Waals surface area contributed by atoms with Gasteiger partial charge in [0.25, 0.3) is 11.8 Å². The SMILES string of the molecule is COCc1cc(C(=O)NCC(CO)NC(=O)c2cnn(C)n2)c(C)o1. The first-order valence-electron chi connectivity index (χ1n) is 7.59. The first-order chi connectivity index (χ1) is 11.9. The quantitative estimate of drug-likeness (QED) is 0.578. The maximum atomic E-state index is 12.2. The second-order valence-electron chi connectivity index (χ2n) is 5.40. The third kappa shape index (κ3) is 4.88. The van der Waals surface area contributed by atoms with Crippen LogP contribution in [0.25, 0.3) is 0 Å². The number of hydrogen-bond acceptors (Lipinski definition) is 7. The number of furan rings is 1. The third-order valence-electron chi connectivity index (χ3n) is 3.40. The Morgan fingerprint density at radius 3 is 2.80 bits per heavy atom. The smallest absolute Gasteiger partial charge is 0.273 e. The summed E-state index contributed by atoms with van der Waals surface area (Å²) in [5.41, 5.74) is 0.506. The van der Waals surface area contributed by atoms with Gasteiger partial charge in [0.2, 0.25) is 0 Å². The fraction of sp³-hybridized carbons (Fsp3) is 0.467. The van der Waals surface area contributed by atoms with Crippen LogP contribution in [0.2, 0.25) is 0 Å². The summed E-state index contributed by atoms with van der Waals surface area (Å²) in [4.78, 5) is 25.5. The molecule has 1 atom stereocenters. The first-order valence-corrected chi connectivity index (χ1v) is 7.59. The van der Waals surface area contributed by atoms with Gasteiger partial charge in [-0.05, 0) is 13.0 Å². The van der Waals surface area contributed by atoms with Gasteiger partial charge in [0.1, 0.15) is 18.1 Å². The number of nitrogens with zero attached hydrogens (tertiary/aromatic N) is 3. The van der Waals surface area contributed by atoms with Crippen molar-refractivity contribution in [3.63, 3.8) is 0 Å². The Bertz CT molecular complexity index is 739. The summed E-state index contributed by atoms with van der Waals surface area (Å²) in [6, 6.07) is 0.935. The van der Waals surface area contributed by atoms with E-state index in [4.69, 9.17) is 9.15 Å². The molecule has 0 bridgehead atoms. The molecule has 0 radical (unpaired) electrons. The van der Waals surface area contributed by atoms with Gasteiger partial charge in [0.05, 0.1) is 24.4 Å². The highest BCUT2D eigenvalue weighted by molar-refractivity contribution is 5.95. The lowest BCUT2D eigenvalue weighted by Gasteiger charge is -2.16. The lowest BCUT2D eigenvalue weighted by atomic mass is 10.2. The van der Waals surface area contributed by atoms with Crippen LogP contribution < -0.4 is 10.6 Å². The van der Waals surface area contributed by atoms with Crippen molar-refractivity contribution in [1.82, 2.24) is 25.6 Å². The number of hydrogen-bond donors (Lipinski definition) is 3. The Labute approximate surface area is 144 Å². The maximum absolute atomic E-state index is 12.2. The van der Waals surface area contributed by atoms with E-state index in [1.54, 1.807) is 20.0 Å². The lowest BCUT2D eigenvalue weighted by Crippen LogP contribution is -2.46. The Hall–Kier alpha value is -2.72. The molecule has 0 saturated heterocycles. The summed E-state index contributed by atoms with van der Waals surface area (Å²) < 4.78 is 10.4. The number of ether oxygens (including phenoxy) is 1. The molecule has 2 aromatic heterocycles. The van der Waals surface area contributed by atoms with Gasteiger partial charge >= 0.3 is 0 Å². The van der Waals surface area contributed by atoms with Crippen molar-refractivity contribution < 1.29 is 23.8 Å². The number of rotatable bonds is 8. The van der Waals surface area contributed by atoms with E-state index in [9.17, 15) is 14.7 Å². The van der Waals surface area contributed by atoms with Crippen LogP contribution in [0.3, 0.4) is 0 Å². The van der Waals surface area contributed by atoms with Gasteiger partial charge in [-0.3, -0.25) is 9.59 Å². The monoisotopic (exact) mass is 351 g/mol. The van der Waals surface area contributed by atoms with E-state index in [0.717, 1.165) is 0 Å². The number of methoxy groups -OCH3 is 1.